The SMILES string of the molecule is O=C1CC(CO)CN1c1c(O)nc[nH]c1=O. The molecule has 1 aliphatic heterocycles. The summed E-state index contributed by atoms with van der Waals surface area (Å²) >= 11 is 0. The molecule has 1 aromatic heterocycles. The van der Waals surface area contributed by atoms with Crippen LogP contribution in [0.3, 0.4) is 0 Å². The molecule has 1 fully saturated rings. The highest BCUT2D eigenvalue weighted by Gasteiger charge is 2.33. The number of aromatic amines is 1. The van der Waals surface area contributed by atoms with Crippen LogP contribution in [0.4, 0.5) is 5.69 Å². The van der Waals surface area contributed by atoms with Gasteiger partial charge in [-0.25, -0.2) is 4.98 Å². The molecule has 3 N–H and O–H groups in total. The highest BCUT2D eigenvalue weighted by molar-refractivity contribution is 5.96. The third kappa shape index (κ3) is 1.65. The molecule has 0 radical (unpaired) electrons. The number of H-pyrrole nitrogens is 1. The summed E-state index contributed by atoms with van der Waals surface area (Å²) in [6.45, 7) is 0.0961. The van der Waals surface area contributed by atoms with Crippen molar-refractivity contribution in [3.05, 3.63) is 16.7 Å². The molecule has 0 aliphatic carbocycles. The second-order valence-electron chi connectivity index (χ2n) is 3.66. The first-order valence-corrected chi connectivity index (χ1v) is 4.81. The Morgan fingerprint density at radius 3 is 2.88 bits per heavy atom. The Labute approximate surface area is 90.4 Å². The lowest BCUT2D eigenvalue weighted by molar-refractivity contribution is -0.117. The van der Waals surface area contributed by atoms with Gasteiger partial charge in [-0.2, -0.15) is 0 Å². The molecule has 0 saturated carbocycles. The lowest BCUT2D eigenvalue weighted by Gasteiger charge is -2.15. The topological polar surface area (TPSA) is 107 Å². The van der Waals surface area contributed by atoms with Crippen molar-refractivity contribution >= 4 is 11.6 Å². The van der Waals surface area contributed by atoms with Crippen molar-refractivity contribution in [3.8, 4) is 5.88 Å². The van der Waals surface area contributed by atoms with E-state index in [1.807, 2.05) is 0 Å². The number of amides is 1. The monoisotopic (exact) mass is 225 g/mol. The van der Waals surface area contributed by atoms with E-state index in [9.17, 15) is 14.7 Å². The van der Waals surface area contributed by atoms with Gasteiger partial charge in [0.05, 0.1) is 6.33 Å². The molecule has 2 heterocycles. The van der Waals surface area contributed by atoms with Crippen molar-refractivity contribution in [1.82, 2.24) is 9.97 Å². The molecule has 2 rings (SSSR count). The number of nitrogens with one attached hydrogen (secondary N) is 1. The number of nitrogens with zero attached hydrogens (tertiary/aromatic N) is 2. The minimum atomic E-state index is -0.570. The molecule has 1 amide bonds. The first kappa shape index (κ1) is 10.6. The second kappa shape index (κ2) is 3.93. The molecule has 1 aliphatic rings. The van der Waals surface area contributed by atoms with Crippen molar-refractivity contribution in [2.45, 2.75) is 6.42 Å². The van der Waals surface area contributed by atoms with Crippen LogP contribution in [-0.2, 0) is 4.79 Å². The second-order valence-corrected chi connectivity index (χ2v) is 3.66. The average Bonchev–Trinajstić information content (AvgIpc) is 2.60. The number of rotatable bonds is 2. The Balaban J connectivity index is 2.39. The molecule has 1 aromatic rings. The zero-order valence-corrected chi connectivity index (χ0v) is 8.38. The van der Waals surface area contributed by atoms with Gasteiger partial charge in [0.1, 0.15) is 0 Å². The van der Waals surface area contributed by atoms with E-state index < -0.39 is 11.4 Å². The molecule has 7 nitrogen and oxygen atoms in total. The summed E-state index contributed by atoms with van der Waals surface area (Å²) in [4.78, 5) is 30.0. The number of anilines is 1. The number of aliphatic hydroxyl groups excluding tert-OH is 1. The van der Waals surface area contributed by atoms with Gasteiger partial charge in [-0.3, -0.25) is 9.59 Å². The van der Waals surface area contributed by atoms with Gasteiger partial charge < -0.3 is 20.1 Å². The molecular weight excluding hydrogens is 214 g/mol. The van der Waals surface area contributed by atoms with Gasteiger partial charge in [0.25, 0.3) is 5.56 Å². The summed E-state index contributed by atoms with van der Waals surface area (Å²) in [5.74, 6) is -0.977. The normalized spacial score (nSPS) is 20.4. The Kier molecular flexibility index (Phi) is 2.61. The van der Waals surface area contributed by atoms with Gasteiger partial charge in [-0.15, -0.1) is 0 Å². The lowest BCUT2D eigenvalue weighted by atomic mass is 10.1. The quantitative estimate of drug-likeness (QED) is 0.587. The fourth-order valence-corrected chi connectivity index (χ4v) is 1.75. The summed E-state index contributed by atoms with van der Waals surface area (Å²) in [5.41, 5.74) is -0.720. The summed E-state index contributed by atoms with van der Waals surface area (Å²) in [7, 11) is 0. The van der Waals surface area contributed by atoms with Gasteiger partial charge >= 0.3 is 0 Å². The summed E-state index contributed by atoms with van der Waals surface area (Å²) in [5, 5.41) is 18.4. The van der Waals surface area contributed by atoms with Crippen molar-refractivity contribution in [2.75, 3.05) is 18.1 Å². The number of aliphatic hydroxyl groups is 1. The van der Waals surface area contributed by atoms with Crippen LogP contribution in [0.2, 0.25) is 0 Å². The van der Waals surface area contributed by atoms with E-state index in [0.29, 0.717) is 0 Å². The number of aromatic hydroxyl groups is 1. The summed E-state index contributed by atoms with van der Waals surface area (Å²) in [6, 6.07) is 0. The fraction of sp³-hybridized carbons (Fsp3) is 0.444. The van der Waals surface area contributed by atoms with Crippen molar-refractivity contribution in [2.24, 2.45) is 5.92 Å². The van der Waals surface area contributed by atoms with E-state index in [0.717, 1.165) is 11.2 Å². The fourth-order valence-electron chi connectivity index (χ4n) is 1.75. The maximum Gasteiger partial charge on any atom is 0.278 e. The predicted octanol–water partition coefficient (Wildman–Crippen LogP) is -1.18. The third-order valence-electron chi connectivity index (χ3n) is 2.54. The summed E-state index contributed by atoms with van der Waals surface area (Å²) < 4.78 is 0. The molecular formula is C9H11N3O4. The Bertz CT molecular complexity index is 470. The van der Waals surface area contributed by atoms with E-state index in [4.69, 9.17) is 5.11 Å². The minimum absolute atomic E-state index is 0.124. The van der Waals surface area contributed by atoms with Gasteiger partial charge in [0.2, 0.25) is 11.8 Å². The minimum Gasteiger partial charge on any atom is -0.492 e. The maximum absolute atomic E-state index is 11.6. The van der Waals surface area contributed by atoms with Crippen molar-refractivity contribution in [3.63, 3.8) is 0 Å². The standard InChI is InChI=1S/C9H11N3O4/c13-3-5-1-6(14)12(2-5)7-8(15)10-4-11-9(7)16/h4-5,13H,1-3H2,(H2,10,11,15,16). The zero-order valence-electron chi connectivity index (χ0n) is 8.38. The average molecular weight is 225 g/mol. The zero-order chi connectivity index (χ0) is 11.7. The predicted molar refractivity (Wildman–Crippen MR) is 54.1 cm³/mol. The first-order valence-electron chi connectivity index (χ1n) is 4.81. The molecule has 86 valence electrons. The van der Waals surface area contributed by atoms with Gasteiger partial charge in [-0.05, 0) is 0 Å². The van der Waals surface area contributed by atoms with Gasteiger partial charge in [-0.1, -0.05) is 0 Å². The molecule has 0 bridgehead atoms. The highest BCUT2D eigenvalue weighted by atomic mass is 16.3. The van der Waals surface area contributed by atoms with Crippen LogP contribution in [0.1, 0.15) is 6.42 Å². The molecule has 7 heteroatoms. The summed E-state index contributed by atoms with van der Waals surface area (Å²) in [6.07, 6.45) is 1.23. The molecule has 1 atom stereocenters. The number of hydrogen-bond donors (Lipinski definition) is 3. The molecule has 0 aromatic carbocycles. The van der Waals surface area contributed by atoms with E-state index in [1.54, 1.807) is 0 Å². The van der Waals surface area contributed by atoms with Crippen LogP contribution in [0.25, 0.3) is 0 Å². The lowest BCUT2D eigenvalue weighted by Crippen LogP contribution is -2.30. The largest absolute Gasteiger partial charge is 0.492 e. The highest BCUT2D eigenvalue weighted by Crippen LogP contribution is 2.26. The number of carbonyl (C=O) groups is 1. The van der Waals surface area contributed by atoms with Crippen LogP contribution >= 0.6 is 0 Å². The van der Waals surface area contributed by atoms with Gasteiger partial charge in [0.15, 0.2) is 5.69 Å². The van der Waals surface area contributed by atoms with E-state index >= 15 is 0 Å². The van der Waals surface area contributed by atoms with Crippen molar-refractivity contribution < 1.29 is 15.0 Å². The van der Waals surface area contributed by atoms with E-state index in [2.05, 4.69) is 9.97 Å². The Morgan fingerprint density at radius 1 is 1.56 bits per heavy atom. The van der Waals surface area contributed by atoms with Crippen LogP contribution in [-0.4, -0.2) is 39.2 Å². The van der Waals surface area contributed by atoms with E-state index in [1.165, 1.54) is 0 Å². The van der Waals surface area contributed by atoms with Crippen LogP contribution < -0.4 is 10.5 Å². The molecule has 1 saturated heterocycles. The van der Waals surface area contributed by atoms with Crippen molar-refractivity contribution in [1.29, 1.82) is 0 Å². The first-order chi connectivity index (χ1) is 7.63. The Hall–Kier alpha value is -1.89. The molecule has 1 unspecified atom stereocenters. The Morgan fingerprint density at radius 2 is 2.31 bits per heavy atom. The maximum atomic E-state index is 11.6. The third-order valence-corrected chi connectivity index (χ3v) is 2.54. The van der Waals surface area contributed by atoms with Gasteiger partial charge in [0, 0.05) is 25.5 Å². The molecule has 16 heavy (non-hydrogen) atoms. The van der Waals surface area contributed by atoms with Crippen LogP contribution in [0, 0.1) is 5.92 Å². The molecule has 0 spiro atoms. The number of aromatic nitrogens is 2. The number of carbonyl (C=O) groups excluding carboxylic acids is 1. The van der Waals surface area contributed by atoms with Crippen LogP contribution in [0.15, 0.2) is 11.1 Å². The van der Waals surface area contributed by atoms with Crippen LogP contribution in [0.5, 0.6) is 5.88 Å². The smallest absolute Gasteiger partial charge is 0.278 e. The number of hydrogen-bond acceptors (Lipinski definition) is 5. The van der Waals surface area contributed by atoms with E-state index in [-0.39, 0.29) is 37.1 Å².